The van der Waals surface area contributed by atoms with Crippen molar-refractivity contribution in [3.05, 3.63) is 41.7 Å². The standard InChI is InChI=1S/C20H29N5/c1-6-22-18-8-7-16(11-15(18)5)24-20-23-10-9-19(25-20)17(21)12-14(4)13(2)3/h7-11,13-14,21-22H,6,12H2,1-5H3,(H,23,24,25). The first-order valence-corrected chi connectivity index (χ1v) is 8.93. The average molecular weight is 339 g/mol. The molecule has 3 N–H and O–H groups in total. The van der Waals surface area contributed by atoms with Gasteiger partial charge in [0.05, 0.1) is 11.4 Å². The Morgan fingerprint density at radius 1 is 1.20 bits per heavy atom. The molecular weight excluding hydrogens is 310 g/mol. The van der Waals surface area contributed by atoms with Crippen LogP contribution in [0.3, 0.4) is 0 Å². The fourth-order valence-electron chi connectivity index (χ4n) is 2.51. The van der Waals surface area contributed by atoms with Gasteiger partial charge in [-0.15, -0.1) is 0 Å². The van der Waals surface area contributed by atoms with E-state index in [0.717, 1.165) is 24.3 Å². The molecule has 0 saturated carbocycles. The van der Waals surface area contributed by atoms with Gasteiger partial charge in [0.15, 0.2) is 0 Å². The van der Waals surface area contributed by atoms with Crippen molar-refractivity contribution in [3.63, 3.8) is 0 Å². The van der Waals surface area contributed by atoms with Gasteiger partial charge in [-0.2, -0.15) is 0 Å². The largest absolute Gasteiger partial charge is 0.385 e. The van der Waals surface area contributed by atoms with Gasteiger partial charge >= 0.3 is 0 Å². The van der Waals surface area contributed by atoms with E-state index in [0.29, 0.717) is 29.2 Å². The first-order valence-electron chi connectivity index (χ1n) is 8.93. The predicted octanol–water partition coefficient (Wildman–Crippen LogP) is 5.01. The first-order chi connectivity index (χ1) is 11.9. The first kappa shape index (κ1) is 18.9. The number of anilines is 3. The van der Waals surface area contributed by atoms with Crippen LogP contribution >= 0.6 is 0 Å². The van der Waals surface area contributed by atoms with Crippen LogP contribution in [0.15, 0.2) is 30.5 Å². The quantitative estimate of drug-likeness (QED) is 0.591. The Labute approximate surface area is 150 Å². The van der Waals surface area contributed by atoms with E-state index in [2.05, 4.69) is 67.4 Å². The molecule has 0 amide bonds. The molecule has 0 aliphatic carbocycles. The second kappa shape index (κ2) is 8.60. The average Bonchev–Trinajstić information content (AvgIpc) is 2.57. The molecule has 0 spiro atoms. The zero-order valence-electron chi connectivity index (χ0n) is 15.9. The maximum absolute atomic E-state index is 8.31. The van der Waals surface area contributed by atoms with Crippen molar-refractivity contribution in [1.82, 2.24) is 9.97 Å². The van der Waals surface area contributed by atoms with Crippen LogP contribution < -0.4 is 10.6 Å². The monoisotopic (exact) mass is 339 g/mol. The third-order valence-corrected chi connectivity index (χ3v) is 4.48. The topological polar surface area (TPSA) is 73.7 Å². The number of nitrogens with one attached hydrogen (secondary N) is 3. The highest BCUT2D eigenvalue weighted by Gasteiger charge is 2.13. The normalized spacial score (nSPS) is 12.1. The van der Waals surface area contributed by atoms with Crippen molar-refractivity contribution in [1.29, 1.82) is 5.41 Å². The minimum Gasteiger partial charge on any atom is -0.385 e. The molecule has 2 aromatic rings. The van der Waals surface area contributed by atoms with Crippen LogP contribution in [0, 0.1) is 24.2 Å². The number of aromatic nitrogens is 2. The molecule has 1 unspecified atom stereocenters. The third-order valence-electron chi connectivity index (χ3n) is 4.48. The van der Waals surface area contributed by atoms with Crippen molar-refractivity contribution in [3.8, 4) is 0 Å². The summed E-state index contributed by atoms with van der Waals surface area (Å²) < 4.78 is 0. The number of benzene rings is 1. The molecular formula is C20H29N5. The van der Waals surface area contributed by atoms with E-state index in [1.807, 2.05) is 6.07 Å². The highest BCUT2D eigenvalue weighted by Crippen LogP contribution is 2.22. The Balaban J connectivity index is 2.11. The van der Waals surface area contributed by atoms with Gasteiger partial charge in [0.2, 0.25) is 5.95 Å². The lowest BCUT2D eigenvalue weighted by molar-refractivity contribution is 0.433. The van der Waals surface area contributed by atoms with Crippen LogP contribution in [-0.4, -0.2) is 22.2 Å². The molecule has 134 valence electrons. The van der Waals surface area contributed by atoms with E-state index in [4.69, 9.17) is 5.41 Å². The summed E-state index contributed by atoms with van der Waals surface area (Å²) in [5, 5.41) is 14.9. The zero-order chi connectivity index (χ0) is 18.4. The smallest absolute Gasteiger partial charge is 0.227 e. The summed E-state index contributed by atoms with van der Waals surface area (Å²) >= 11 is 0. The van der Waals surface area contributed by atoms with Gasteiger partial charge in [0.1, 0.15) is 0 Å². The van der Waals surface area contributed by atoms with Crippen molar-refractivity contribution in [2.24, 2.45) is 11.8 Å². The second-order valence-electron chi connectivity index (χ2n) is 6.85. The Bertz CT molecular complexity index is 724. The molecule has 0 fully saturated rings. The van der Waals surface area contributed by atoms with E-state index >= 15 is 0 Å². The van der Waals surface area contributed by atoms with Gasteiger partial charge in [-0.1, -0.05) is 20.8 Å². The molecule has 0 aliphatic heterocycles. The van der Waals surface area contributed by atoms with Crippen molar-refractivity contribution in [2.45, 2.75) is 41.0 Å². The number of hydrogen-bond donors (Lipinski definition) is 3. The Morgan fingerprint density at radius 2 is 1.96 bits per heavy atom. The molecule has 0 radical (unpaired) electrons. The van der Waals surface area contributed by atoms with Gasteiger partial charge in [-0.05, 0) is 61.9 Å². The molecule has 0 saturated heterocycles. The van der Waals surface area contributed by atoms with Gasteiger partial charge in [-0.25, -0.2) is 9.97 Å². The van der Waals surface area contributed by atoms with Crippen LogP contribution in [0.5, 0.6) is 0 Å². The van der Waals surface area contributed by atoms with Crippen molar-refractivity contribution in [2.75, 3.05) is 17.2 Å². The molecule has 0 bridgehead atoms. The zero-order valence-corrected chi connectivity index (χ0v) is 15.9. The predicted molar refractivity (Wildman–Crippen MR) is 106 cm³/mol. The third kappa shape index (κ3) is 5.28. The SMILES string of the molecule is CCNc1ccc(Nc2nccc(C(=N)CC(C)C(C)C)n2)cc1C. The summed E-state index contributed by atoms with van der Waals surface area (Å²) in [5.74, 6) is 1.54. The van der Waals surface area contributed by atoms with Crippen LogP contribution in [0.25, 0.3) is 0 Å². The van der Waals surface area contributed by atoms with E-state index < -0.39 is 0 Å². The van der Waals surface area contributed by atoms with Gasteiger partial charge in [0.25, 0.3) is 0 Å². The molecule has 1 heterocycles. The van der Waals surface area contributed by atoms with E-state index in [1.54, 1.807) is 12.3 Å². The van der Waals surface area contributed by atoms with Crippen LogP contribution in [-0.2, 0) is 0 Å². The molecule has 5 nitrogen and oxygen atoms in total. The Kier molecular flexibility index (Phi) is 6.51. The molecule has 0 aliphatic rings. The van der Waals surface area contributed by atoms with Crippen LogP contribution in [0.1, 0.15) is 45.4 Å². The summed E-state index contributed by atoms with van der Waals surface area (Å²) in [5.41, 5.74) is 4.49. The lowest BCUT2D eigenvalue weighted by Crippen LogP contribution is -2.13. The highest BCUT2D eigenvalue weighted by atomic mass is 15.1. The van der Waals surface area contributed by atoms with Gasteiger partial charge < -0.3 is 16.0 Å². The molecule has 1 aromatic heterocycles. The number of aryl methyl sites for hydroxylation is 1. The molecule has 25 heavy (non-hydrogen) atoms. The summed E-state index contributed by atoms with van der Waals surface area (Å²) in [6, 6.07) is 7.94. The maximum atomic E-state index is 8.31. The minimum absolute atomic E-state index is 0.458. The summed E-state index contributed by atoms with van der Waals surface area (Å²) in [7, 11) is 0. The minimum atomic E-state index is 0.458. The number of rotatable bonds is 8. The van der Waals surface area contributed by atoms with E-state index in [9.17, 15) is 0 Å². The lowest BCUT2D eigenvalue weighted by Gasteiger charge is -2.16. The van der Waals surface area contributed by atoms with Crippen molar-refractivity contribution < 1.29 is 0 Å². The van der Waals surface area contributed by atoms with Crippen LogP contribution in [0.4, 0.5) is 17.3 Å². The Hall–Kier alpha value is -2.43. The van der Waals surface area contributed by atoms with Gasteiger partial charge in [-0.3, -0.25) is 0 Å². The molecule has 1 aromatic carbocycles. The maximum Gasteiger partial charge on any atom is 0.227 e. The molecule has 1 atom stereocenters. The number of nitrogens with zero attached hydrogens (tertiary/aromatic N) is 2. The lowest BCUT2D eigenvalue weighted by atomic mass is 9.91. The highest BCUT2D eigenvalue weighted by molar-refractivity contribution is 5.96. The number of hydrogen-bond acceptors (Lipinski definition) is 5. The molecule has 2 rings (SSSR count). The summed E-state index contributed by atoms with van der Waals surface area (Å²) in [6.07, 6.45) is 2.43. The van der Waals surface area contributed by atoms with Gasteiger partial charge in [0, 0.05) is 24.1 Å². The molecule has 5 heteroatoms. The fourth-order valence-corrected chi connectivity index (χ4v) is 2.51. The summed E-state index contributed by atoms with van der Waals surface area (Å²) in [6.45, 7) is 11.6. The van der Waals surface area contributed by atoms with E-state index in [-0.39, 0.29) is 0 Å². The second-order valence-corrected chi connectivity index (χ2v) is 6.85. The fraction of sp³-hybridized carbons (Fsp3) is 0.450. The van der Waals surface area contributed by atoms with E-state index in [1.165, 1.54) is 5.56 Å². The van der Waals surface area contributed by atoms with Crippen molar-refractivity contribution >= 4 is 23.0 Å². The van der Waals surface area contributed by atoms with Crippen LogP contribution in [0.2, 0.25) is 0 Å². The summed E-state index contributed by atoms with van der Waals surface area (Å²) in [4.78, 5) is 8.79. The Morgan fingerprint density at radius 3 is 2.60 bits per heavy atom.